The highest BCUT2D eigenvalue weighted by Crippen LogP contribution is 2.26. The highest BCUT2D eigenvalue weighted by molar-refractivity contribution is 9.10. The molecule has 2 N–H and O–H groups in total. The lowest BCUT2D eigenvalue weighted by Gasteiger charge is -2.22. The molecule has 0 aliphatic carbocycles. The number of ether oxygens (including phenoxy) is 1. The third-order valence-electron chi connectivity index (χ3n) is 3.26. The van der Waals surface area contributed by atoms with Crippen LogP contribution in [0.25, 0.3) is 0 Å². The molecular formula is C16H11BrN2O3S. The van der Waals surface area contributed by atoms with Gasteiger partial charge in [-0.25, -0.2) is 0 Å². The SMILES string of the molecule is O=C1NC(=S)NC(=O)C1c1ccc(Oc2ccc(Br)cc2)cc1. The second-order valence-electron chi connectivity index (χ2n) is 4.87. The van der Waals surface area contributed by atoms with Crippen LogP contribution < -0.4 is 15.4 Å². The van der Waals surface area contributed by atoms with Crippen molar-refractivity contribution < 1.29 is 14.3 Å². The minimum Gasteiger partial charge on any atom is -0.457 e. The Morgan fingerprint density at radius 1 is 0.870 bits per heavy atom. The molecule has 1 aliphatic rings. The summed E-state index contributed by atoms with van der Waals surface area (Å²) >= 11 is 8.14. The minimum absolute atomic E-state index is 0.0337. The standard InChI is InChI=1S/C16H11BrN2O3S/c17-10-3-7-12(8-4-10)22-11-5-1-9(2-6-11)13-14(20)18-16(23)19-15(13)21/h1-8,13H,(H2,18,19,20,21,23). The highest BCUT2D eigenvalue weighted by Gasteiger charge is 2.33. The number of rotatable bonds is 3. The summed E-state index contributed by atoms with van der Waals surface area (Å²) in [5.74, 6) is -0.466. The Balaban J connectivity index is 1.76. The maximum Gasteiger partial charge on any atom is 0.243 e. The molecule has 1 aliphatic heterocycles. The quantitative estimate of drug-likeness (QED) is 0.624. The van der Waals surface area contributed by atoms with Crippen molar-refractivity contribution in [2.45, 2.75) is 5.92 Å². The Hall–Kier alpha value is -2.25. The molecule has 0 atom stereocenters. The van der Waals surface area contributed by atoms with E-state index in [1.807, 2.05) is 24.3 Å². The van der Waals surface area contributed by atoms with Crippen molar-refractivity contribution in [3.8, 4) is 11.5 Å². The third-order valence-corrected chi connectivity index (χ3v) is 3.99. The number of amides is 2. The maximum atomic E-state index is 11.9. The Kier molecular flexibility index (Phi) is 4.40. The van der Waals surface area contributed by atoms with Gasteiger partial charge >= 0.3 is 0 Å². The maximum absolute atomic E-state index is 11.9. The first-order valence-electron chi connectivity index (χ1n) is 6.72. The fraction of sp³-hybridized carbons (Fsp3) is 0.0625. The van der Waals surface area contributed by atoms with Gasteiger partial charge in [-0.05, 0) is 54.2 Å². The van der Waals surface area contributed by atoms with Gasteiger partial charge in [-0.3, -0.25) is 9.59 Å². The zero-order valence-electron chi connectivity index (χ0n) is 11.7. The molecule has 23 heavy (non-hydrogen) atoms. The second kappa shape index (κ2) is 6.47. The lowest BCUT2D eigenvalue weighted by molar-refractivity contribution is -0.131. The van der Waals surface area contributed by atoms with Crippen LogP contribution in [-0.2, 0) is 9.59 Å². The minimum atomic E-state index is -0.913. The molecule has 0 saturated carbocycles. The molecule has 7 heteroatoms. The van der Waals surface area contributed by atoms with Crippen LogP contribution in [0.2, 0.25) is 0 Å². The van der Waals surface area contributed by atoms with Crippen molar-refractivity contribution in [1.82, 2.24) is 10.6 Å². The van der Waals surface area contributed by atoms with E-state index < -0.39 is 17.7 Å². The van der Waals surface area contributed by atoms with E-state index in [0.29, 0.717) is 17.1 Å². The number of hydrogen-bond donors (Lipinski definition) is 2. The van der Waals surface area contributed by atoms with Crippen LogP contribution in [0, 0.1) is 0 Å². The number of hydrogen-bond acceptors (Lipinski definition) is 4. The fourth-order valence-electron chi connectivity index (χ4n) is 2.19. The normalized spacial score (nSPS) is 15.1. The smallest absolute Gasteiger partial charge is 0.243 e. The van der Waals surface area contributed by atoms with Gasteiger partial charge in [0.2, 0.25) is 11.8 Å². The lowest BCUT2D eigenvalue weighted by atomic mass is 9.96. The predicted molar refractivity (Wildman–Crippen MR) is 92.3 cm³/mol. The molecule has 0 bridgehead atoms. The van der Waals surface area contributed by atoms with Crippen molar-refractivity contribution in [2.75, 3.05) is 0 Å². The third kappa shape index (κ3) is 3.57. The van der Waals surface area contributed by atoms with Crippen molar-refractivity contribution in [2.24, 2.45) is 0 Å². The zero-order chi connectivity index (χ0) is 16.4. The monoisotopic (exact) mass is 390 g/mol. The average Bonchev–Trinajstić information content (AvgIpc) is 2.50. The van der Waals surface area contributed by atoms with E-state index >= 15 is 0 Å². The summed E-state index contributed by atoms with van der Waals surface area (Å²) in [6.45, 7) is 0. The molecule has 2 aromatic rings. The van der Waals surface area contributed by atoms with Crippen molar-refractivity contribution in [1.29, 1.82) is 0 Å². The van der Waals surface area contributed by atoms with Gasteiger partial charge in [-0.2, -0.15) is 0 Å². The molecule has 1 heterocycles. The van der Waals surface area contributed by atoms with Crippen molar-refractivity contribution in [3.05, 3.63) is 58.6 Å². The van der Waals surface area contributed by atoms with Crippen LogP contribution in [0.1, 0.15) is 11.5 Å². The molecule has 0 radical (unpaired) electrons. The van der Waals surface area contributed by atoms with E-state index in [9.17, 15) is 9.59 Å². The van der Waals surface area contributed by atoms with Gasteiger partial charge in [-0.1, -0.05) is 28.1 Å². The predicted octanol–water partition coefficient (Wildman–Crippen LogP) is 2.86. The Labute approximate surface area is 146 Å². The van der Waals surface area contributed by atoms with E-state index in [1.165, 1.54) is 0 Å². The number of halogens is 1. The number of carbonyl (C=O) groups excluding carboxylic acids is 2. The molecule has 0 aromatic heterocycles. The first-order valence-corrected chi connectivity index (χ1v) is 7.92. The summed E-state index contributed by atoms with van der Waals surface area (Å²) < 4.78 is 6.67. The summed E-state index contributed by atoms with van der Waals surface area (Å²) in [7, 11) is 0. The first-order chi connectivity index (χ1) is 11.0. The van der Waals surface area contributed by atoms with Crippen LogP contribution in [0.15, 0.2) is 53.0 Å². The number of carbonyl (C=O) groups is 2. The second-order valence-corrected chi connectivity index (χ2v) is 6.19. The van der Waals surface area contributed by atoms with Crippen LogP contribution in [0.5, 0.6) is 11.5 Å². The van der Waals surface area contributed by atoms with Gasteiger partial charge in [0.1, 0.15) is 17.4 Å². The zero-order valence-corrected chi connectivity index (χ0v) is 14.1. The van der Waals surface area contributed by atoms with Gasteiger partial charge in [0.25, 0.3) is 0 Å². The molecule has 0 spiro atoms. The molecule has 2 amide bonds. The summed E-state index contributed by atoms with van der Waals surface area (Å²) in [5.41, 5.74) is 0.575. The molecular weight excluding hydrogens is 380 g/mol. The lowest BCUT2D eigenvalue weighted by Crippen LogP contribution is -2.54. The summed E-state index contributed by atoms with van der Waals surface area (Å²) in [6, 6.07) is 14.2. The molecule has 2 aromatic carbocycles. The molecule has 0 unspecified atom stereocenters. The van der Waals surface area contributed by atoms with Crippen molar-refractivity contribution >= 4 is 45.1 Å². The summed E-state index contributed by atoms with van der Waals surface area (Å²) in [4.78, 5) is 23.9. The average molecular weight is 391 g/mol. The highest BCUT2D eigenvalue weighted by atomic mass is 79.9. The Morgan fingerprint density at radius 3 is 1.87 bits per heavy atom. The van der Waals surface area contributed by atoms with Gasteiger partial charge in [0.15, 0.2) is 5.11 Å². The van der Waals surface area contributed by atoms with Crippen LogP contribution in [0.4, 0.5) is 0 Å². The van der Waals surface area contributed by atoms with E-state index in [4.69, 9.17) is 17.0 Å². The van der Waals surface area contributed by atoms with Crippen LogP contribution >= 0.6 is 28.1 Å². The van der Waals surface area contributed by atoms with Gasteiger partial charge in [-0.15, -0.1) is 0 Å². The molecule has 1 fully saturated rings. The summed E-state index contributed by atoms with van der Waals surface area (Å²) in [6.07, 6.45) is 0. The number of benzene rings is 2. The Bertz CT molecular complexity index is 755. The van der Waals surface area contributed by atoms with Crippen LogP contribution in [-0.4, -0.2) is 16.9 Å². The molecule has 1 saturated heterocycles. The van der Waals surface area contributed by atoms with Gasteiger partial charge in [0, 0.05) is 4.47 Å². The van der Waals surface area contributed by atoms with E-state index in [1.54, 1.807) is 24.3 Å². The number of nitrogens with one attached hydrogen (secondary N) is 2. The molecule has 116 valence electrons. The largest absolute Gasteiger partial charge is 0.457 e. The van der Waals surface area contributed by atoms with E-state index in [2.05, 4.69) is 26.6 Å². The van der Waals surface area contributed by atoms with E-state index in [-0.39, 0.29) is 5.11 Å². The Morgan fingerprint density at radius 2 is 1.35 bits per heavy atom. The van der Waals surface area contributed by atoms with Crippen LogP contribution in [0.3, 0.4) is 0 Å². The van der Waals surface area contributed by atoms with Gasteiger partial charge in [0.05, 0.1) is 0 Å². The van der Waals surface area contributed by atoms with Crippen molar-refractivity contribution in [3.63, 3.8) is 0 Å². The molecule has 5 nitrogen and oxygen atoms in total. The molecule has 3 rings (SSSR count). The van der Waals surface area contributed by atoms with E-state index in [0.717, 1.165) is 4.47 Å². The van der Waals surface area contributed by atoms with Gasteiger partial charge < -0.3 is 15.4 Å². The fourth-order valence-corrected chi connectivity index (χ4v) is 2.65. The topological polar surface area (TPSA) is 67.4 Å². The first kappa shape index (κ1) is 15.6. The number of thiocarbonyl (C=S) groups is 1. The summed E-state index contributed by atoms with van der Waals surface area (Å²) in [5, 5.41) is 4.92.